The second kappa shape index (κ2) is 14.3. The predicted molar refractivity (Wildman–Crippen MR) is 180 cm³/mol. The van der Waals surface area contributed by atoms with Crippen LogP contribution < -0.4 is 5.43 Å². The van der Waals surface area contributed by atoms with E-state index in [0.29, 0.717) is 40.1 Å². The molecule has 1 aliphatic heterocycles. The van der Waals surface area contributed by atoms with Gasteiger partial charge in [-0.25, -0.2) is 9.91 Å². The molecule has 47 heavy (non-hydrogen) atoms. The van der Waals surface area contributed by atoms with Crippen molar-refractivity contribution in [3.63, 3.8) is 0 Å². The van der Waals surface area contributed by atoms with E-state index in [-0.39, 0.29) is 53.6 Å². The van der Waals surface area contributed by atoms with Gasteiger partial charge in [-0.15, -0.1) is 0 Å². The van der Waals surface area contributed by atoms with Crippen LogP contribution in [0.3, 0.4) is 0 Å². The van der Waals surface area contributed by atoms with Crippen LogP contribution in [0.2, 0.25) is 5.02 Å². The smallest absolute Gasteiger partial charge is 0.311 e. The zero-order valence-corrected chi connectivity index (χ0v) is 28.9. The summed E-state index contributed by atoms with van der Waals surface area (Å²) in [5.74, 6) is -1.56. The van der Waals surface area contributed by atoms with Crippen LogP contribution in [0, 0.1) is 17.3 Å². The van der Waals surface area contributed by atoms with Crippen molar-refractivity contribution in [3.8, 4) is 0 Å². The van der Waals surface area contributed by atoms with Crippen LogP contribution in [0.1, 0.15) is 94.9 Å². The van der Waals surface area contributed by atoms with Crippen molar-refractivity contribution in [2.24, 2.45) is 17.3 Å². The molecule has 0 radical (unpaired) electrons. The quantitative estimate of drug-likeness (QED) is 0.156. The Kier molecular flexibility index (Phi) is 10.8. The fourth-order valence-electron chi connectivity index (χ4n) is 5.93. The van der Waals surface area contributed by atoms with Crippen molar-refractivity contribution in [3.05, 3.63) is 93.5 Å². The Balaban J connectivity index is 0.000000213. The zero-order valence-electron chi connectivity index (χ0n) is 28.2. The highest BCUT2D eigenvalue weighted by molar-refractivity contribution is 6.30. The van der Waals surface area contributed by atoms with Crippen molar-refractivity contribution in [1.82, 2.24) is 15.3 Å². The summed E-state index contributed by atoms with van der Waals surface area (Å²) in [7, 11) is 0. The van der Waals surface area contributed by atoms with Gasteiger partial charge in [0, 0.05) is 27.3 Å². The number of carbonyl (C=O) groups excluding carboxylic acids is 5. The van der Waals surface area contributed by atoms with E-state index >= 15 is 0 Å². The highest BCUT2D eigenvalue weighted by Gasteiger charge is 2.61. The summed E-state index contributed by atoms with van der Waals surface area (Å²) >= 11 is 5.83. The van der Waals surface area contributed by atoms with E-state index in [1.165, 1.54) is 10.6 Å². The van der Waals surface area contributed by atoms with Crippen LogP contribution in [0.15, 0.2) is 77.4 Å². The lowest BCUT2D eigenvalue weighted by Crippen LogP contribution is -2.55. The fraction of sp³-hybridized carbons (Fsp3) is 0.432. The molecule has 0 aromatic heterocycles. The molecule has 4 amide bonds. The van der Waals surface area contributed by atoms with Crippen molar-refractivity contribution < 1.29 is 28.7 Å². The number of imide groups is 1. The number of nitrogens with zero attached hydrogens (tertiary/aromatic N) is 2. The van der Waals surface area contributed by atoms with E-state index in [2.05, 4.69) is 11.5 Å². The molecule has 1 heterocycles. The highest BCUT2D eigenvalue weighted by atomic mass is 35.5. The molecular formula is C37H44ClN3O6. The van der Waals surface area contributed by atoms with Crippen LogP contribution >= 0.6 is 11.6 Å². The number of carbonyl (C=O) groups is 5. The van der Waals surface area contributed by atoms with E-state index in [0.717, 1.165) is 17.7 Å². The molecule has 2 aromatic rings. The number of hydrazine groups is 1. The molecule has 2 unspecified atom stereocenters. The normalized spacial score (nSPS) is 19.6. The van der Waals surface area contributed by atoms with E-state index in [1.54, 1.807) is 48.5 Å². The molecule has 5 rings (SSSR count). The third kappa shape index (κ3) is 8.19. The minimum atomic E-state index is -0.574. The molecule has 1 saturated carbocycles. The van der Waals surface area contributed by atoms with Gasteiger partial charge >= 0.3 is 5.97 Å². The van der Waals surface area contributed by atoms with E-state index in [9.17, 15) is 24.0 Å². The van der Waals surface area contributed by atoms with Crippen molar-refractivity contribution >= 4 is 41.2 Å². The van der Waals surface area contributed by atoms with Crippen LogP contribution in [-0.4, -0.2) is 51.8 Å². The number of halogens is 1. The number of amides is 4. The van der Waals surface area contributed by atoms with E-state index < -0.39 is 5.54 Å². The Morgan fingerprint density at radius 1 is 0.936 bits per heavy atom. The summed E-state index contributed by atoms with van der Waals surface area (Å²) in [6, 6.07) is 15.4. The lowest BCUT2D eigenvalue weighted by atomic mass is 9.93. The number of hydrogen-bond donors (Lipinski definition) is 1. The van der Waals surface area contributed by atoms with Crippen LogP contribution in [-0.2, 0) is 19.1 Å². The Labute approximate surface area is 281 Å². The van der Waals surface area contributed by atoms with Gasteiger partial charge in [0.1, 0.15) is 0 Å². The molecule has 9 nitrogen and oxygen atoms in total. The lowest BCUT2D eigenvalue weighted by Gasteiger charge is -2.35. The molecule has 1 N–H and O–H groups in total. The van der Waals surface area contributed by atoms with Crippen molar-refractivity contribution in [2.75, 3.05) is 6.73 Å². The Bertz CT molecular complexity index is 1570. The van der Waals surface area contributed by atoms with E-state index in [4.69, 9.17) is 16.3 Å². The first-order valence-corrected chi connectivity index (χ1v) is 16.3. The van der Waals surface area contributed by atoms with Gasteiger partial charge in [0.15, 0.2) is 6.73 Å². The molecule has 2 aromatic carbocycles. The summed E-state index contributed by atoms with van der Waals surface area (Å²) in [5, 5.41) is 1.90. The second-order valence-electron chi connectivity index (χ2n) is 14.0. The molecule has 2 aliphatic carbocycles. The summed E-state index contributed by atoms with van der Waals surface area (Å²) in [4.78, 5) is 63.2. The number of hydrogen-bond acceptors (Lipinski definition) is 6. The third-order valence-corrected chi connectivity index (χ3v) is 8.95. The lowest BCUT2D eigenvalue weighted by molar-refractivity contribution is -0.156. The maximum Gasteiger partial charge on any atom is 0.311 e. The Morgan fingerprint density at radius 2 is 1.49 bits per heavy atom. The molecule has 1 fully saturated rings. The van der Waals surface area contributed by atoms with Crippen molar-refractivity contribution in [2.45, 2.75) is 79.7 Å². The Hall–Kier alpha value is -4.24. The molecule has 250 valence electrons. The minimum Gasteiger partial charge on any atom is -0.443 e. The molecule has 10 heteroatoms. The fourth-order valence-corrected chi connectivity index (χ4v) is 6.05. The van der Waals surface area contributed by atoms with Gasteiger partial charge in [0.2, 0.25) is 0 Å². The molecule has 3 aliphatic rings. The molecular weight excluding hydrogens is 618 g/mol. The third-order valence-electron chi connectivity index (χ3n) is 8.70. The number of ether oxygens (including phenoxy) is 1. The predicted octanol–water partition coefficient (Wildman–Crippen LogP) is 6.89. The van der Waals surface area contributed by atoms with Gasteiger partial charge in [-0.2, -0.15) is 0 Å². The van der Waals surface area contributed by atoms with Crippen LogP contribution in [0.5, 0.6) is 0 Å². The average Bonchev–Trinajstić information content (AvgIpc) is 3.47. The zero-order chi connectivity index (χ0) is 34.7. The molecule has 0 saturated heterocycles. The molecule has 2 atom stereocenters. The minimum absolute atomic E-state index is 0.134. The van der Waals surface area contributed by atoms with Gasteiger partial charge in [-0.3, -0.25) is 29.4 Å². The number of esters is 1. The summed E-state index contributed by atoms with van der Waals surface area (Å²) in [6.07, 6.45) is 5.28. The summed E-state index contributed by atoms with van der Waals surface area (Å²) in [6.45, 7) is 13.4. The van der Waals surface area contributed by atoms with Gasteiger partial charge < -0.3 is 4.74 Å². The number of nitrogens with one attached hydrogen (secondary N) is 1. The molecule has 0 bridgehead atoms. The number of rotatable bonds is 6. The first-order chi connectivity index (χ1) is 22.0. The summed E-state index contributed by atoms with van der Waals surface area (Å²) in [5.41, 5.74) is 5.35. The topological polar surface area (TPSA) is 113 Å². The van der Waals surface area contributed by atoms with Gasteiger partial charge in [-0.1, -0.05) is 55.3 Å². The average molecular weight is 662 g/mol. The van der Waals surface area contributed by atoms with E-state index in [1.807, 2.05) is 54.5 Å². The van der Waals surface area contributed by atoms with Gasteiger partial charge in [0.25, 0.3) is 23.6 Å². The number of benzene rings is 2. The first kappa shape index (κ1) is 35.6. The maximum absolute atomic E-state index is 12.7. The van der Waals surface area contributed by atoms with Crippen LogP contribution in [0.25, 0.3) is 0 Å². The molecule has 0 spiro atoms. The highest BCUT2D eigenvalue weighted by Crippen LogP contribution is 2.59. The maximum atomic E-state index is 12.7. The number of allylic oxidation sites excluding steroid dienone is 2. The largest absolute Gasteiger partial charge is 0.443 e. The Morgan fingerprint density at radius 3 is 2.00 bits per heavy atom. The van der Waals surface area contributed by atoms with Gasteiger partial charge in [0.05, 0.1) is 11.5 Å². The first-order valence-electron chi connectivity index (χ1n) is 15.9. The van der Waals surface area contributed by atoms with Crippen molar-refractivity contribution in [1.29, 1.82) is 0 Å². The second-order valence-corrected chi connectivity index (χ2v) is 14.4. The monoisotopic (exact) mass is 661 g/mol. The summed E-state index contributed by atoms with van der Waals surface area (Å²) < 4.78 is 5.33. The van der Waals surface area contributed by atoms with Crippen LogP contribution in [0.4, 0.5) is 0 Å². The SMILES string of the molecule is CC(C)(C)N(NC(=O)c1ccc(Cl)cc1)C(=O)c1ccccc1.CC(C)=CC1C(C(=O)OCN2C(=O)C3=C(CCCC3)C2=O)C1(C)C. The standard InChI is InChI=1S/C19H25NO4.C18H19ClN2O2/c1-11(2)9-14-15(19(14,3)4)18(23)24-10-20-16(21)12-7-5-6-8-13(12)17(20)22;1-18(2,3)21(17(23)14-7-5-4-6-8-14)20-16(22)13-9-11-15(19)12-10-13/h9,14-15H,5-8,10H2,1-4H3;4-12H,1-3H3,(H,20,22). The van der Waals surface area contributed by atoms with Gasteiger partial charge in [-0.05, 0) is 108 Å².